The summed E-state index contributed by atoms with van der Waals surface area (Å²) >= 11 is 0. The molecule has 3 N–H and O–H groups in total. The molecule has 1 aromatic rings. The molecule has 1 aromatic carbocycles. The van der Waals surface area contributed by atoms with Crippen molar-refractivity contribution < 1.29 is 18.4 Å². The third kappa shape index (κ3) is 11.2. The Morgan fingerprint density at radius 1 is 1.02 bits per heavy atom. The summed E-state index contributed by atoms with van der Waals surface area (Å²) in [6.45, 7) is 14.4. The number of carbonyl (C=O) groups excluding carboxylic acids is 2. The van der Waals surface area contributed by atoms with E-state index in [4.69, 9.17) is 0 Å². The second-order valence-electron chi connectivity index (χ2n) is 12.1. The molecule has 0 spiro atoms. The summed E-state index contributed by atoms with van der Waals surface area (Å²) in [7, 11) is 0. The Balaban J connectivity index is 0.00000287. The van der Waals surface area contributed by atoms with Gasteiger partial charge < -0.3 is 16.0 Å². The highest BCUT2D eigenvalue weighted by molar-refractivity contribution is 5.73. The number of hydrogen-bond donors (Lipinski definition) is 3. The van der Waals surface area contributed by atoms with Gasteiger partial charge in [-0.25, -0.2) is 8.78 Å². The van der Waals surface area contributed by atoms with Crippen LogP contribution in [0.2, 0.25) is 0 Å². The predicted molar refractivity (Wildman–Crippen MR) is 165 cm³/mol. The van der Waals surface area contributed by atoms with Gasteiger partial charge in [-0.15, -0.1) is 0 Å². The summed E-state index contributed by atoms with van der Waals surface area (Å²) in [5.41, 5.74) is 3.08. The smallest absolute Gasteiger partial charge is 0.217 e. The first-order chi connectivity index (χ1) is 19.4. The first-order valence-corrected chi connectivity index (χ1v) is 15.2. The summed E-state index contributed by atoms with van der Waals surface area (Å²) in [5, 5.41) is 9.99. The Morgan fingerprint density at radius 2 is 1.71 bits per heavy atom. The summed E-state index contributed by atoms with van der Waals surface area (Å²) in [6.07, 6.45) is 9.56. The molecule has 0 saturated heterocycles. The van der Waals surface area contributed by atoms with Crippen LogP contribution >= 0.6 is 0 Å². The highest BCUT2D eigenvalue weighted by atomic mass is 19.1. The zero-order valence-corrected chi connectivity index (χ0v) is 26.1. The highest BCUT2D eigenvalue weighted by Crippen LogP contribution is 2.39. The van der Waals surface area contributed by atoms with E-state index in [0.717, 1.165) is 37.3 Å². The predicted octanol–water partition coefficient (Wildman–Crippen LogP) is 7.59. The molecule has 1 saturated carbocycles. The lowest BCUT2D eigenvalue weighted by atomic mass is 9.73. The van der Waals surface area contributed by atoms with Crippen LogP contribution in [0.1, 0.15) is 111 Å². The summed E-state index contributed by atoms with van der Waals surface area (Å²) in [6, 6.07) is 8.89. The largest absolute Gasteiger partial charge is 0.354 e. The fourth-order valence-corrected chi connectivity index (χ4v) is 5.69. The number of rotatable bonds is 10. The van der Waals surface area contributed by atoms with Crippen LogP contribution in [0.4, 0.5) is 8.78 Å². The van der Waals surface area contributed by atoms with Gasteiger partial charge in [-0.05, 0) is 79.7 Å². The SMILES string of the molecule is CC.CC(=O)NC1CCC(NCC[C@H](CCC2=CCC(F)=CC(F)=C2)NC(C)=O)(c2cccc(C(C)(C)C)c2)CC1. The van der Waals surface area contributed by atoms with E-state index < -0.39 is 11.7 Å². The van der Waals surface area contributed by atoms with Gasteiger partial charge in [0.2, 0.25) is 11.8 Å². The molecule has 41 heavy (non-hydrogen) atoms. The van der Waals surface area contributed by atoms with Gasteiger partial charge in [-0.1, -0.05) is 65.0 Å². The topological polar surface area (TPSA) is 70.2 Å². The number of nitrogens with one attached hydrogen (secondary N) is 3. The van der Waals surface area contributed by atoms with Crippen molar-refractivity contribution in [1.29, 1.82) is 0 Å². The standard InChI is InChI=1S/C32H45F2N3O2.C2H6/c1-22(38)36-29(12-10-24-9-11-27(33)21-28(34)19-24)15-18-35-32(16-13-30(14-17-32)37-23(2)39)26-8-6-7-25(20-26)31(3,4)5;1-2/h6-9,19-21,29-30,35H,10-18H2,1-5H3,(H,36,38)(H,37,39);1-2H3/t29-,30?,32?;/m0./s1. The molecule has 1 atom stereocenters. The van der Waals surface area contributed by atoms with Gasteiger partial charge in [0.05, 0.1) is 0 Å². The Kier molecular flexibility index (Phi) is 13.4. The molecule has 0 aliphatic heterocycles. The lowest BCUT2D eigenvalue weighted by molar-refractivity contribution is -0.120. The number of amides is 2. The monoisotopic (exact) mass is 571 g/mol. The molecule has 0 aromatic heterocycles. The minimum Gasteiger partial charge on any atom is -0.354 e. The molecule has 2 aliphatic carbocycles. The third-order valence-corrected chi connectivity index (χ3v) is 7.85. The molecule has 5 nitrogen and oxygen atoms in total. The molecule has 0 heterocycles. The maximum atomic E-state index is 13.9. The number of halogens is 2. The van der Waals surface area contributed by atoms with Crippen LogP contribution in [0.3, 0.4) is 0 Å². The second-order valence-corrected chi connectivity index (χ2v) is 12.1. The van der Waals surface area contributed by atoms with Crippen LogP contribution in [0.25, 0.3) is 0 Å². The molecule has 1 fully saturated rings. The zero-order chi connectivity index (χ0) is 30.6. The molecule has 0 bridgehead atoms. The fraction of sp³-hybridized carbons (Fsp3) is 0.588. The average molecular weight is 572 g/mol. The van der Waals surface area contributed by atoms with E-state index in [0.29, 0.717) is 25.8 Å². The van der Waals surface area contributed by atoms with Gasteiger partial charge in [0, 0.05) is 44.0 Å². The summed E-state index contributed by atoms with van der Waals surface area (Å²) in [5.74, 6) is -1.17. The molecule has 0 radical (unpaired) electrons. The second kappa shape index (κ2) is 16.0. The van der Waals surface area contributed by atoms with Crippen molar-refractivity contribution >= 4 is 11.8 Å². The van der Waals surface area contributed by atoms with Crippen LogP contribution in [-0.4, -0.2) is 30.4 Å². The quantitative estimate of drug-likeness (QED) is 0.271. The molecule has 2 amide bonds. The van der Waals surface area contributed by atoms with Crippen molar-refractivity contribution in [2.45, 2.75) is 123 Å². The minimum absolute atomic E-state index is 0.00497. The lowest BCUT2D eigenvalue weighted by Crippen LogP contribution is -2.50. The molecule has 3 rings (SSSR count). The van der Waals surface area contributed by atoms with Crippen molar-refractivity contribution in [3.63, 3.8) is 0 Å². The maximum absolute atomic E-state index is 13.9. The summed E-state index contributed by atoms with van der Waals surface area (Å²) in [4.78, 5) is 23.6. The Labute approximate surface area is 246 Å². The number of hydrogen-bond acceptors (Lipinski definition) is 3. The van der Waals surface area contributed by atoms with E-state index in [1.165, 1.54) is 24.1 Å². The van der Waals surface area contributed by atoms with Crippen molar-refractivity contribution in [2.24, 2.45) is 0 Å². The maximum Gasteiger partial charge on any atom is 0.217 e. The van der Waals surface area contributed by atoms with Gasteiger partial charge >= 0.3 is 0 Å². The third-order valence-electron chi connectivity index (χ3n) is 7.85. The van der Waals surface area contributed by atoms with E-state index >= 15 is 0 Å². The highest BCUT2D eigenvalue weighted by Gasteiger charge is 2.37. The van der Waals surface area contributed by atoms with Crippen LogP contribution in [-0.2, 0) is 20.5 Å². The number of benzene rings is 1. The Bertz CT molecular complexity index is 1110. The summed E-state index contributed by atoms with van der Waals surface area (Å²) < 4.78 is 27.5. The normalized spacial score (nSPS) is 21.7. The Morgan fingerprint density at radius 3 is 2.32 bits per heavy atom. The molecule has 2 aliphatic rings. The van der Waals surface area contributed by atoms with Crippen molar-refractivity contribution in [3.05, 3.63) is 70.8 Å². The number of allylic oxidation sites excluding steroid dienone is 6. The van der Waals surface area contributed by atoms with E-state index in [9.17, 15) is 18.4 Å². The molecule has 0 unspecified atom stereocenters. The zero-order valence-electron chi connectivity index (χ0n) is 26.1. The lowest BCUT2D eigenvalue weighted by Gasteiger charge is -2.42. The minimum atomic E-state index is -0.580. The van der Waals surface area contributed by atoms with Gasteiger partial charge in [0.1, 0.15) is 11.7 Å². The van der Waals surface area contributed by atoms with Crippen LogP contribution in [0.15, 0.2) is 59.7 Å². The van der Waals surface area contributed by atoms with E-state index in [2.05, 4.69) is 61.0 Å². The van der Waals surface area contributed by atoms with E-state index in [-0.39, 0.29) is 41.3 Å². The molecule has 7 heteroatoms. The van der Waals surface area contributed by atoms with Gasteiger partial charge in [-0.2, -0.15) is 0 Å². The van der Waals surface area contributed by atoms with E-state index in [1.807, 2.05) is 13.8 Å². The Hall–Kier alpha value is -2.80. The van der Waals surface area contributed by atoms with Crippen molar-refractivity contribution in [3.8, 4) is 0 Å². The van der Waals surface area contributed by atoms with Gasteiger partial charge in [0.15, 0.2) is 0 Å². The van der Waals surface area contributed by atoms with E-state index in [1.54, 1.807) is 13.0 Å². The van der Waals surface area contributed by atoms with Crippen molar-refractivity contribution in [1.82, 2.24) is 16.0 Å². The number of carbonyl (C=O) groups is 2. The van der Waals surface area contributed by atoms with Gasteiger partial charge in [-0.3, -0.25) is 9.59 Å². The van der Waals surface area contributed by atoms with Crippen molar-refractivity contribution in [2.75, 3.05) is 6.54 Å². The average Bonchev–Trinajstić information content (AvgIpc) is 3.07. The first kappa shape index (κ1) is 34.4. The fourth-order valence-electron chi connectivity index (χ4n) is 5.69. The van der Waals surface area contributed by atoms with Gasteiger partial charge in [0.25, 0.3) is 0 Å². The molecular formula is C34H51F2N3O2. The molecule has 228 valence electrons. The first-order valence-electron chi connectivity index (χ1n) is 15.2. The van der Waals surface area contributed by atoms with Crippen LogP contribution < -0.4 is 16.0 Å². The van der Waals surface area contributed by atoms with Crippen LogP contribution in [0.5, 0.6) is 0 Å². The molecular weight excluding hydrogens is 520 g/mol. The van der Waals surface area contributed by atoms with Crippen LogP contribution in [0, 0.1) is 0 Å².